The first-order valence-electron chi connectivity index (χ1n) is 9.62. The first kappa shape index (κ1) is 21.2. The van der Waals surface area contributed by atoms with Crippen molar-refractivity contribution in [2.24, 2.45) is 5.73 Å². The summed E-state index contributed by atoms with van der Waals surface area (Å²) in [5.74, 6) is -1.47. The lowest BCUT2D eigenvalue weighted by Gasteiger charge is -2.15. The van der Waals surface area contributed by atoms with Crippen LogP contribution >= 0.6 is 0 Å². The van der Waals surface area contributed by atoms with Crippen LogP contribution in [0.5, 0.6) is 5.75 Å². The molecular formula is C20H23N3O7. The normalized spacial score (nSPS) is 13.5. The fourth-order valence-corrected chi connectivity index (χ4v) is 3.51. The number of hydrogen-bond donors (Lipinski definition) is 4. The Labute approximate surface area is 171 Å². The highest BCUT2D eigenvalue weighted by Gasteiger charge is 2.21. The van der Waals surface area contributed by atoms with E-state index in [1.54, 1.807) is 18.2 Å². The average Bonchev–Trinajstić information content (AvgIpc) is 3.19. The van der Waals surface area contributed by atoms with E-state index in [1.165, 1.54) is 0 Å². The maximum atomic E-state index is 12.1. The number of aliphatic carboxylic acids is 1. The smallest absolute Gasteiger partial charge is 0.339 e. The van der Waals surface area contributed by atoms with Gasteiger partial charge in [-0.1, -0.05) is 0 Å². The number of carboxylic acid groups (broad SMARTS) is 1. The molecule has 0 spiro atoms. The van der Waals surface area contributed by atoms with Crippen molar-refractivity contribution in [2.45, 2.75) is 38.1 Å². The second kappa shape index (κ2) is 9.29. The summed E-state index contributed by atoms with van der Waals surface area (Å²) in [4.78, 5) is 46.1. The molecule has 0 saturated carbocycles. The SMILES string of the molecule is NC(=O)NCCCC(NC(=O)COc1ccc2c3c(c(=O)oc2c1)CCC3)C(=O)O. The van der Waals surface area contributed by atoms with Crippen molar-refractivity contribution in [1.29, 1.82) is 0 Å². The summed E-state index contributed by atoms with van der Waals surface area (Å²) in [7, 11) is 0. The predicted octanol–water partition coefficient (Wildman–Crippen LogP) is 0.678. The third kappa shape index (κ3) is 5.07. The molecule has 1 aliphatic carbocycles. The van der Waals surface area contributed by atoms with Gasteiger partial charge in [0, 0.05) is 23.6 Å². The number of aryl methyl sites for hydroxylation is 1. The van der Waals surface area contributed by atoms with Crippen LogP contribution in [0.1, 0.15) is 30.4 Å². The van der Waals surface area contributed by atoms with E-state index in [4.69, 9.17) is 14.9 Å². The molecule has 1 atom stereocenters. The van der Waals surface area contributed by atoms with E-state index in [-0.39, 0.29) is 18.6 Å². The molecule has 2 aromatic rings. The maximum Gasteiger partial charge on any atom is 0.339 e. The van der Waals surface area contributed by atoms with E-state index >= 15 is 0 Å². The van der Waals surface area contributed by atoms with Crippen LogP contribution in [0.4, 0.5) is 4.79 Å². The Bertz CT molecular complexity index is 1030. The molecule has 0 radical (unpaired) electrons. The number of primary amides is 1. The molecule has 1 aliphatic rings. The van der Waals surface area contributed by atoms with Crippen LogP contribution in [0, 0.1) is 0 Å². The molecule has 0 saturated heterocycles. The van der Waals surface area contributed by atoms with Crippen molar-refractivity contribution >= 4 is 28.9 Å². The maximum absolute atomic E-state index is 12.1. The number of carbonyl (C=O) groups is 3. The zero-order valence-corrected chi connectivity index (χ0v) is 16.2. The van der Waals surface area contributed by atoms with Gasteiger partial charge in [-0.25, -0.2) is 14.4 Å². The Morgan fingerprint density at radius 2 is 2.00 bits per heavy atom. The van der Waals surface area contributed by atoms with Gasteiger partial charge in [-0.15, -0.1) is 0 Å². The van der Waals surface area contributed by atoms with Gasteiger partial charge in [0.15, 0.2) is 6.61 Å². The van der Waals surface area contributed by atoms with Crippen molar-refractivity contribution in [2.75, 3.05) is 13.2 Å². The van der Waals surface area contributed by atoms with Crippen LogP contribution in [0.15, 0.2) is 27.4 Å². The topological polar surface area (TPSA) is 161 Å². The molecule has 3 rings (SSSR count). The number of benzene rings is 1. The number of nitrogens with one attached hydrogen (secondary N) is 2. The Morgan fingerprint density at radius 3 is 2.73 bits per heavy atom. The van der Waals surface area contributed by atoms with Crippen LogP contribution in [0.25, 0.3) is 11.0 Å². The molecule has 0 fully saturated rings. The number of carbonyl (C=O) groups excluding carboxylic acids is 2. The summed E-state index contributed by atoms with van der Waals surface area (Å²) < 4.78 is 10.8. The molecule has 10 heteroatoms. The van der Waals surface area contributed by atoms with E-state index in [1.807, 2.05) is 0 Å². The van der Waals surface area contributed by atoms with Crippen LogP contribution in [-0.2, 0) is 22.4 Å². The fourth-order valence-electron chi connectivity index (χ4n) is 3.51. The summed E-state index contributed by atoms with van der Waals surface area (Å²) >= 11 is 0. The van der Waals surface area contributed by atoms with Crippen molar-refractivity contribution < 1.29 is 28.6 Å². The van der Waals surface area contributed by atoms with Crippen molar-refractivity contribution in [1.82, 2.24) is 10.6 Å². The zero-order valence-electron chi connectivity index (χ0n) is 16.2. The quantitative estimate of drug-likeness (QED) is 0.344. The number of rotatable bonds is 9. The largest absolute Gasteiger partial charge is 0.484 e. The number of carboxylic acids is 1. The van der Waals surface area contributed by atoms with E-state index in [0.29, 0.717) is 17.8 Å². The number of hydrogen-bond acceptors (Lipinski definition) is 6. The Hall–Kier alpha value is -3.56. The monoisotopic (exact) mass is 417 g/mol. The summed E-state index contributed by atoms with van der Waals surface area (Å²) in [5, 5.41) is 14.8. The van der Waals surface area contributed by atoms with Gasteiger partial charge in [0.1, 0.15) is 17.4 Å². The van der Waals surface area contributed by atoms with Gasteiger partial charge in [0.2, 0.25) is 0 Å². The van der Waals surface area contributed by atoms with Crippen molar-refractivity contribution in [3.8, 4) is 5.75 Å². The van der Waals surface area contributed by atoms with Crippen molar-refractivity contribution in [3.05, 3.63) is 39.7 Å². The third-order valence-electron chi connectivity index (χ3n) is 4.92. The number of nitrogens with two attached hydrogens (primary N) is 1. The highest BCUT2D eigenvalue weighted by Crippen LogP contribution is 2.29. The first-order chi connectivity index (χ1) is 14.3. The second-order valence-electron chi connectivity index (χ2n) is 7.04. The molecule has 30 heavy (non-hydrogen) atoms. The van der Waals surface area contributed by atoms with E-state index in [9.17, 15) is 24.3 Å². The van der Waals surface area contributed by atoms with Gasteiger partial charge in [-0.2, -0.15) is 0 Å². The summed E-state index contributed by atoms with van der Waals surface area (Å²) in [5.41, 5.74) is 6.71. The van der Waals surface area contributed by atoms with Crippen LogP contribution in [0.2, 0.25) is 0 Å². The number of fused-ring (bicyclic) bond motifs is 3. The molecule has 1 heterocycles. The molecule has 160 valence electrons. The molecule has 3 amide bonds. The van der Waals surface area contributed by atoms with E-state index in [0.717, 1.165) is 35.8 Å². The Kier molecular flexibility index (Phi) is 6.55. The average molecular weight is 417 g/mol. The Balaban J connectivity index is 1.57. The predicted molar refractivity (Wildman–Crippen MR) is 106 cm³/mol. The van der Waals surface area contributed by atoms with Gasteiger partial charge >= 0.3 is 17.6 Å². The lowest BCUT2D eigenvalue weighted by Crippen LogP contribution is -2.43. The molecule has 1 aromatic carbocycles. The van der Waals surface area contributed by atoms with Gasteiger partial charge in [-0.05, 0) is 49.8 Å². The molecule has 10 nitrogen and oxygen atoms in total. The third-order valence-corrected chi connectivity index (χ3v) is 4.92. The minimum absolute atomic E-state index is 0.119. The minimum atomic E-state index is -1.19. The van der Waals surface area contributed by atoms with Gasteiger partial charge in [0.25, 0.3) is 5.91 Å². The summed E-state index contributed by atoms with van der Waals surface area (Å²) in [6.45, 7) is -0.193. The Morgan fingerprint density at radius 1 is 1.23 bits per heavy atom. The van der Waals surface area contributed by atoms with E-state index < -0.39 is 30.6 Å². The van der Waals surface area contributed by atoms with E-state index in [2.05, 4.69) is 10.6 Å². The van der Waals surface area contributed by atoms with Gasteiger partial charge in [-0.3, -0.25) is 4.79 Å². The molecule has 5 N–H and O–H groups in total. The minimum Gasteiger partial charge on any atom is -0.484 e. The van der Waals surface area contributed by atoms with Crippen LogP contribution in [-0.4, -0.2) is 42.2 Å². The van der Waals surface area contributed by atoms with Gasteiger partial charge < -0.3 is 30.6 Å². The number of ether oxygens (including phenoxy) is 1. The van der Waals surface area contributed by atoms with Crippen LogP contribution < -0.4 is 26.7 Å². The molecule has 0 aliphatic heterocycles. The number of urea groups is 1. The van der Waals surface area contributed by atoms with Crippen molar-refractivity contribution in [3.63, 3.8) is 0 Å². The lowest BCUT2D eigenvalue weighted by atomic mass is 10.1. The molecule has 1 aromatic heterocycles. The number of amides is 3. The van der Waals surface area contributed by atoms with Gasteiger partial charge in [0.05, 0.1) is 0 Å². The molecule has 1 unspecified atom stereocenters. The molecule has 0 bridgehead atoms. The molecular weight excluding hydrogens is 394 g/mol. The summed E-state index contributed by atoms with van der Waals surface area (Å²) in [6, 6.07) is 3.20. The highest BCUT2D eigenvalue weighted by atomic mass is 16.5. The first-order valence-corrected chi connectivity index (χ1v) is 9.62. The van der Waals surface area contributed by atoms with Crippen LogP contribution in [0.3, 0.4) is 0 Å². The summed E-state index contributed by atoms with van der Waals surface area (Å²) in [6.07, 6.45) is 2.91. The fraction of sp³-hybridized carbons (Fsp3) is 0.400. The second-order valence-corrected chi connectivity index (χ2v) is 7.04. The highest BCUT2D eigenvalue weighted by molar-refractivity contribution is 5.85. The standard InChI is InChI=1S/C20H23N3O7/c21-20(28)22-8-2-5-15(18(25)26)23-17(24)10-29-11-6-7-13-12-3-1-4-14(12)19(27)30-16(13)9-11/h6-7,9,15H,1-5,8,10H2,(H,23,24)(H,25,26)(H3,21,22,28). The lowest BCUT2D eigenvalue weighted by molar-refractivity contribution is -0.142. The zero-order chi connectivity index (χ0) is 21.7.